The van der Waals surface area contributed by atoms with Crippen LogP contribution in [0, 0.1) is 0 Å². The molecule has 2 aromatic rings. The maximum Gasteiger partial charge on any atom is 0.231 e. The van der Waals surface area contributed by atoms with Gasteiger partial charge in [0.15, 0.2) is 11.5 Å². The van der Waals surface area contributed by atoms with Crippen LogP contribution in [0.4, 0.5) is 0 Å². The highest BCUT2D eigenvalue weighted by molar-refractivity contribution is 5.78. The molecule has 0 bridgehead atoms. The van der Waals surface area contributed by atoms with Crippen molar-refractivity contribution in [3.8, 4) is 40.2 Å². The lowest BCUT2D eigenvalue weighted by atomic mass is 10.2. The van der Waals surface area contributed by atoms with Gasteiger partial charge in [0, 0.05) is 43.2 Å². The molecule has 2 aromatic carbocycles. The summed E-state index contributed by atoms with van der Waals surface area (Å²) in [5.41, 5.74) is 0. The molecular weight excluding hydrogens is 356 g/mol. The number of Topliss-reactive ketones (excluding diaryl/α,β-unsaturated/α-hetero) is 1. The van der Waals surface area contributed by atoms with E-state index in [-0.39, 0.29) is 50.1 Å². The minimum atomic E-state index is -0.108. The van der Waals surface area contributed by atoms with Gasteiger partial charge in [0.2, 0.25) is 12.5 Å². The van der Waals surface area contributed by atoms with Gasteiger partial charge in [-0.2, -0.15) is 0 Å². The van der Waals surface area contributed by atoms with Gasteiger partial charge in [0.05, 0.1) is 20.3 Å². The molecule has 3 rings (SSSR count). The van der Waals surface area contributed by atoms with Crippen molar-refractivity contribution in [2.24, 2.45) is 0 Å². The number of rotatable bonds is 9. The average Bonchev–Trinajstić information content (AvgIpc) is 3.09. The molecule has 0 radical (unpaired) electrons. The Hall–Kier alpha value is -3.29. The second-order valence-corrected chi connectivity index (χ2v) is 5.78. The maximum atomic E-state index is 11.9. The molecule has 8 nitrogen and oxygen atoms in total. The minimum absolute atomic E-state index is 0.0351. The van der Waals surface area contributed by atoms with Crippen molar-refractivity contribution < 1.29 is 38.7 Å². The van der Waals surface area contributed by atoms with Crippen molar-refractivity contribution in [1.82, 2.24) is 0 Å². The Labute approximate surface area is 155 Å². The van der Waals surface area contributed by atoms with Gasteiger partial charge in [-0.1, -0.05) is 0 Å². The van der Waals surface area contributed by atoms with E-state index in [1.165, 1.54) is 25.3 Å². The van der Waals surface area contributed by atoms with Crippen LogP contribution in [0.5, 0.6) is 40.2 Å². The molecular formula is C19H20O8. The summed E-state index contributed by atoms with van der Waals surface area (Å²) in [6, 6.07) is 7.28. The lowest BCUT2D eigenvalue weighted by molar-refractivity contribution is -0.120. The van der Waals surface area contributed by atoms with E-state index in [1.54, 1.807) is 12.1 Å². The summed E-state index contributed by atoms with van der Waals surface area (Å²) in [7, 11) is 1.52. The highest BCUT2D eigenvalue weighted by Gasteiger charge is 2.20. The van der Waals surface area contributed by atoms with Crippen molar-refractivity contribution in [3.63, 3.8) is 0 Å². The Bertz CT molecular complexity index is 797. The lowest BCUT2D eigenvalue weighted by Crippen LogP contribution is -2.10. The van der Waals surface area contributed by atoms with Gasteiger partial charge in [-0.05, 0) is 0 Å². The number of methoxy groups -OCH3 is 1. The number of hydrogen-bond donors (Lipinski definition) is 2. The maximum absolute atomic E-state index is 11.9. The van der Waals surface area contributed by atoms with Gasteiger partial charge in [0.1, 0.15) is 28.8 Å². The standard InChI is InChI=1S/C19H20O8/c1-23-17-9-16(10-18-19(17)27-11-26-18)25-5-3-12(20)2-4-24-15-7-13(21)6-14(22)8-15/h6-10,21-22H,2-5,11H2,1H3. The molecule has 1 aliphatic heterocycles. The van der Waals surface area contributed by atoms with Crippen molar-refractivity contribution in [2.75, 3.05) is 27.1 Å². The van der Waals surface area contributed by atoms with E-state index < -0.39 is 0 Å². The number of ketones is 1. The van der Waals surface area contributed by atoms with Crippen molar-refractivity contribution in [2.45, 2.75) is 12.8 Å². The van der Waals surface area contributed by atoms with Crippen LogP contribution in [-0.4, -0.2) is 43.1 Å². The van der Waals surface area contributed by atoms with Gasteiger partial charge >= 0.3 is 0 Å². The van der Waals surface area contributed by atoms with E-state index in [2.05, 4.69) is 0 Å². The second kappa shape index (κ2) is 8.39. The largest absolute Gasteiger partial charge is 0.508 e. The number of benzene rings is 2. The number of carbonyl (C=O) groups is 1. The normalized spacial score (nSPS) is 11.9. The fourth-order valence-corrected chi connectivity index (χ4v) is 2.53. The van der Waals surface area contributed by atoms with Crippen LogP contribution in [0.15, 0.2) is 30.3 Å². The summed E-state index contributed by atoms with van der Waals surface area (Å²) in [6.45, 7) is 0.471. The van der Waals surface area contributed by atoms with Gasteiger partial charge in [-0.15, -0.1) is 0 Å². The first-order chi connectivity index (χ1) is 13.0. The third-order valence-electron chi connectivity index (χ3n) is 3.81. The van der Waals surface area contributed by atoms with Crippen LogP contribution in [0.3, 0.4) is 0 Å². The molecule has 0 saturated carbocycles. The van der Waals surface area contributed by atoms with Crippen LogP contribution < -0.4 is 23.7 Å². The van der Waals surface area contributed by atoms with E-state index in [9.17, 15) is 15.0 Å². The van der Waals surface area contributed by atoms with E-state index in [0.717, 1.165) is 0 Å². The number of fused-ring (bicyclic) bond motifs is 1. The molecule has 1 aliphatic rings. The first-order valence-corrected chi connectivity index (χ1v) is 8.33. The van der Waals surface area contributed by atoms with E-state index in [1.807, 2.05) is 0 Å². The Kier molecular flexibility index (Phi) is 5.75. The molecule has 0 aromatic heterocycles. The van der Waals surface area contributed by atoms with Crippen molar-refractivity contribution >= 4 is 5.78 Å². The number of phenolic OH excluding ortho intramolecular Hbond substituents is 2. The van der Waals surface area contributed by atoms with Gasteiger partial charge in [0.25, 0.3) is 0 Å². The number of carbonyl (C=O) groups excluding carboxylic acids is 1. The highest BCUT2D eigenvalue weighted by Crippen LogP contribution is 2.44. The first kappa shape index (κ1) is 18.5. The molecule has 0 spiro atoms. The Balaban J connectivity index is 1.42. The third kappa shape index (κ3) is 4.87. The summed E-state index contributed by atoms with van der Waals surface area (Å²) in [5.74, 6) is 2.16. The summed E-state index contributed by atoms with van der Waals surface area (Å²) in [5, 5.41) is 18.7. The minimum Gasteiger partial charge on any atom is -0.508 e. The first-order valence-electron chi connectivity index (χ1n) is 8.33. The zero-order chi connectivity index (χ0) is 19.2. The number of phenols is 2. The summed E-state index contributed by atoms with van der Waals surface area (Å²) < 4.78 is 26.8. The number of hydrogen-bond acceptors (Lipinski definition) is 8. The molecule has 0 saturated heterocycles. The third-order valence-corrected chi connectivity index (χ3v) is 3.81. The smallest absolute Gasteiger partial charge is 0.231 e. The van der Waals surface area contributed by atoms with Crippen LogP contribution in [0.2, 0.25) is 0 Å². The van der Waals surface area contributed by atoms with Gasteiger partial charge in [-0.3, -0.25) is 4.79 Å². The second-order valence-electron chi connectivity index (χ2n) is 5.78. The monoisotopic (exact) mass is 376 g/mol. The highest BCUT2D eigenvalue weighted by atomic mass is 16.7. The predicted molar refractivity (Wildman–Crippen MR) is 94.1 cm³/mol. The van der Waals surface area contributed by atoms with E-state index >= 15 is 0 Å². The van der Waals surface area contributed by atoms with E-state index in [0.29, 0.717) is 28.7 Å². The molecule has 2 N–H and O–H groups in total. The molecule has 0 unspecified atom stereocenters. The van der Waals surface area contributed by atoms with Gasteiger partial charge < -0.3 is 33.9 Å². The van der Waals surface area contributed by atoms with Crippen LogP contribution in [-0.2, 0) is 4.79 Å². The molecule has 0 atom stereocenters. The summed E-state index contributed by atoms with van der Waals surface area (Å²) in [6.07, 6.45) is 0.398. The zero-order valence-electron chi connectivity index (χ0n) is 14.8. The average molecular weight is 376 g/mol. The molecule has 144 valence electrons. The van der Waals surface area contributed by atoms with Crippen LogP contribution >= 0.6 is 0 Å². The number of aromatic hydroxyl groups is 2. The fraction of sp³-hybridized carbons (Fsp3) is 0.316. The molecule has 0 aliphatic carbocycles. The Morgan fingerprint density at radius 3 is 2.22 bits per heavy atom. The summed E-state index contributed by atoms with van der Waals surface area (Å²) in [4.78, 5) is 11.9. The zero-order valence-corrected chi connectivity index (χ0v) is 14.8. The fourth-order valence-electron chi connectivity index (χ4n) is 2.53. The Morgan fingerprint density at radius 2 is 1.59 bits per heavy atom. The molecule has 27 heavy (non-hydrogen) atoms. The van der Waals surface area contributed by atoms with Crippen LogP contribution in [0.25, 0.3) is 0 Å². The van der Waals surface area contributed by atoms with Gasteiger partial charge in [-0.25, -0.2) is 0 Å². The van der Waals surface area contributed by atoms with Crippen molar-refractivity contribution in [1.29, 1.82) is 0 Å². The molecule has 8 heteroatoms. The topological polar surface area (TPSA) is 104 Å². The molecule has 0 amide bonds. The Morgan fingerprint density at radius 1 is 0.963 bits per heavy atom. The molecule has 1 heterocycles. The SMILES string of the molecule is COc1cc(OCCC(=O)CCOc2cc(O)cc(O)c2)cc2c1OCO2. The van der Waals surface area contributed by atoms with E-state index in [4.69, 9.17) is 23.7 Å². The number of ether oxygens (including phenoxy) is 5. The van der Waals surface area contributed by atoms with Crippen molar-refractivity contribution in [3.05, 3.63) is 30.3 Å². The summed E-state index contributed by atoms with van der Waals surface area (Å²) >= 11 is 0. The lowest BCUT2D eigenvalue weighted by Gasteiger charge is -2.10. The predicted octanol–water partition coefficient (Wildman–Crippen LogP) is 2.64. The quantitative estimate of drug-likeness (QED) is 0.688. The molecule has 0 fully saturated rings. The van der Waals surface area contributed by atoms with Crippen LogP contribution in [0.1, 0.15) is 12.8 Å².